The Bertz CT molecular complexity index is 1170. The molecule has 1 aliphatic rings. The van der Waals surface area contributed by atoms with Crippen LogP contribution in [0.25, 0.3) is 5.57 Å². The topological polar surface area (TPSA) is 129 Å². The van der Waals surface area contributed by atoms with Gasteiger partial charge in [-0.1, -0.05) is 18.2 Å². The van der Waals surface area contributed by atoms with Crippen LogP contribution < -0.4 is 10.1 Å². The summed E-state index contributed by atoms with van der Waals surface area (Å²) >= 11 is 0. The van der Waals surface area contributed by atoms with Gasteiger partial charge in [0.2, 0.25) is 15.9 Å². The molecule has 0 fully saturated rings. The highest BCUT2D eigenvalue weighted by Gasteiger charge is 2.33. The predicted octanol–water partition coefficient (Wildman–Crippen LogP) is 2.02. The minimum atomic E-state index is -4.66. The van der Waals surface area contributed by atoms with Gasteiger partial charge in [0, 0.05) is 19.2 Å². The molecule has 9 nitrogen and oxygen atoms in total. The van der Waals surface area contributed by atoms with Gasteiger partial charge < -0.3 is 20.3 Å². The van der Waals surface area contributed by atoms with Crippen molar-refractivity contribution >= 4 is 21.7 Å². The minimum absolute atomic E-state index is 0.0202. The quantitative estimate of drug-likeness (QED) is 0.529. The first kappa shape index (κ1) is 25.6. The molecule has 1 amide bonds. The lowest BCUT2D eigenvalue weighted by molar-refractivity contribution is -0.137. The van der Waals surface area contributed by atoms with Gasteiger partial charge in [-0.05, 0) is 36.3 Å². The zero-order valence-corrected chi connectivity index (χ0v) is 18.5. The van der Waals surface area contributed by atoms with Gasteiger partial charge in [0.15, 0.2) is 0 Å². The first-order valence-corrected chi connectivity index (χ1v) is 11.5. The van der Waals surface area contributed by atoms with Crippen molar-refractivity contribution in [3.8, 4) is 5.88 Å². The Morgan fingerprint density at radius 3 is 2.50 bits per heavy atom. The van der Waals surface area contributed by atoms with Crippen molar-refractivity contribution in [2.75, 3.05) is 26.3 Å². The Morgan fingerprint density at radius 1 is 1.18 bits per heavy atom. The summed E-state index contributed by atoms with van der Waals surface area (Å²) in [5.74, 6) is -0.0513. The van der Waals surface area contributed by atoms with Crippen LogP contribution in [0.4, 0.5) is 18.0 Å². The van der Waals surface area contributed by atoms with E-state index in [1.54, 1.807) is 18.2 Å². The Kier molecular flexibility index (Phi) is 7.92. The monoisotopic (exact) mass is 501 g/mol. The largest absolute Gasteiger partial charge is 0.416 e. The highest BCUT2D eigenvalue weighted by atomic mass is 32.2. The number of aliphatic hydroxyl groups excluding tert-OH is 2. The Morgan fingerprint density at radius 2 is 1.88 bits per heavy atom. The van der Waals surface area contributed by atoms with Crippen LogP contribution >= 0.6 is 0 Å². The number of sulfonamides is 1. The molecule has 0 saturated heterocycles. The van der Waals surface area contributed by atoms with Crippen LogP contribution in [0.15, 0.2) is 53.4 Å². The van der Waals surface area contributed by atoms with Gasteiger partial charge in [-0.3, -0.25) is 0 Å². The molecule has 0 aliphatic carbocycles. The second-order valence-electron chi connectivity index (χ2n) is 7.33. The van der Waals surface area contributed by atoms with Crippen molar-refractivity contribution in [1.29, 1.82) is 0 Å². The van der Waals surface area contributed by atoms with E-state index in [1.165, 1.54) is 6.07 Å². The van der Waals surface area contributed by atoms with Crippen LogP contribution in [0.1, 0.15) is 17.7 Å². The summed E-state index contributed by atoms with van der Waals surface area (Å²) in [5.41, 5.74) is 0.0587. The summed E-state index contributed by atoms with van der Waals surface area (Å²) in [5, 5.41) is 20.3. The maximum atomic E-state index is 13.0. The van der Waals surface area contributed by atoms with Crippen molar-refractivity contribution in [1.82, 2.24) is 14.6 Å². The number of aromatic nitrogens is 1. The number of ether oxygens (including phenoxy) is 1. The van der Waals surface area contributed by atoms with Crippen LogP contribution in [0.3, 0.4) is 0 Å². The number of carbonyl (C=O) groups excluding carboxylic acids is 1. The summed E-state index contributed by atoms with van der Waals surface area (Å²) in [6, 6.07) is 7.34. The van der Waals surface area contributed by atoms with E-state index in [1.807, 2.05) is 0 Å². The van der Waals surface area contributed by atoms with E-state index >= 15 is 0 Å². The molecule has 0 spiro atoms. The second kappa shape index (κ2) is 10.5. The molecule has 184 valence electrons. The molecular weight excluding hydrogens is 479 g/mol. The third-order valence-electron chi connectivity index (χ3n) is 4.98. The fourth-order valence-corrected chi connectivity index (χ4v) is 4.60. The van der Waals surface area contributed by atoms with Crippen molar-refractivity contribution in [3.05, 3.63) is 59.8 Å². The van der Waals surface area contributed by atoms with Crippen LogP contribution in [-0.4, -0.2) is 66.4 Å². The summed E-state index contributed by atoms with van der Waals surface area (Å²) in [4.78, 5) is 15.6. The molecule has 0 saturated carbocycles. The summed E-state index contributed by atoms with van der Waals surface area (Å²) in [6.07, 6.45) is -3.76. The SMILES string of the molecule is O=C(NC(CO)CO)Oc1cccc(C2=CCN(S(=O)(=O)c3cccc(C(F)(F)F)c3)CC2)n1. The Hall–Kier alpha value is -3.00. The summed E-state index contributed by atoms with van der Waals surface area (Å²) < 4.78 is 70.7. The number of benzene rings is 1. The zero-order valence-electron chi connectivity index (χ0n) is 17.7. The van der Waals surface area contributed by atoms with Crippen LogP contribution in [0.2, 0.25) is 0 Å². The lowest BCUT2D eigenvalue weighted by atomic mass is 10.1. The van der Waals surface area contributed by atoms with Crippen LogP contribution in [-0.2, 0) is 16.2 Å². The third kappa shape index (κ3) is 6.11. The molecule has 2 aromatic rings. The zero-order chi connectivity index (χ0) is 24.9. The van der Waals surface area contributed by atoms with Gasteiger partial charge in [0.25, 0.3) is 0 Å². The molecule has 2 heterocycles. The molecule has 34 heavy (non-hydrogen) atoms. The van der Waals surface area contributed by atoms with E-state index in [0.717, 1.165) is 22.5 Å². The lowest BCUT2D eigenvalue weighted by Crippen LogP contribution is -2.41. The first-order valence-electron chi connectivity index (χ1n) is 10.1. The van der Waals surface area contributed by atoms with Gasteiger partial charge in [0.1, 0.15) is 0 Å². The smallest absolute Gasteiger partial charge is 0.394 e. The molecule has 0 bridgehead atoms. The number of pyridine rings is 1. The van der Waals surface area contributed by atoms with Crippen molar-refractivity contribution in [3.63, 3.8) is 0 Å². The third-order valence-corrected chi connectivity index (χ3v) is 6.84. The molecular formula is C21H22F3N3O6S. The van der Waals surface area contributed by atoms with Gasteiger partial charge in [-0.15, -0.1) is 0 Å². The van der Waals surface area contributed by atoms with E-state index in [2.05, 4.69) is 10.3 Å². The number of alkyl halides is 3. The molecule has 0 unspecified atom stereocenters. The number of carbonyl (C=O) groups is 1. The second-order valence-corrected chi connectivity index (χ2v) is 9.26. The highest BCUT2D eigenvalue weighted by molar-refractivity contribution is 7.89. The standard InChI is InChI=1S/C21H22F3N3O6S/c22-21(23,24)15-3-1-4-17(11-15)34(31,32)27-9-7-14(8-10-27)18-5-2-6-19(26-18)33-20(30)25-16(12-28)13-29/h1-7,11,16,28-29H,8-10,12-13H2,(H,25,30). The number of hydrogen-bond donors (Lipinski definition) is 3. The lowest BCUT2D eigenvalue weighted by Gasteiger charge is -2.26. The molecule has 1 aromatic carbocycles. The average molecular weight is 501 g/mol. The molecule has 3 rings (SSSR count). The first-order chi connectivity index (χ1) is 16.0. The number of nitrogens with zero attached hydrogens (tertiary/aromatic N) is 2. The molecule has 0 radical (unpaired) electrons. The molecule has 0 atom stereocenters. The van der Waals surface area contributed by atoms with E-state index in [4.69, 9.17) is 14.9 Å². The number of hydrogen-bond acceptors (Lipinski definition) is 7. The predicted molar refractivity (Wildman–Crippen MR) is 114 cm³/mol. The fourth-order valence-electron chi connectivity index (χ4n) is 3.17. The molecule has 3 N–H and O–H groups in total. The van der Waals surface area contributed by atoms with Crippen molar-refractivity contribution in [2.45, 2.75) is 23.5 Å². The van der Waals surface area contributed by atoms with Gasteiger partial charge in [-0.25, -0.2) is 18.2 Å². The Balaban J connectivity index is 1.72. The number of aliphatic hydroxyl groups is 2. The van der Waals surface area contributed by atoms with Gasteiger partial charge in [0.05, 0.1) is 35.4 Å². The van der Waals surface area contributed by atoms with E-state index in [9.17, 15) is 26.4 Å². The number of amides is 1. The maximum Gasteiger partial charge on any atom is 0.416 e. The summed E-state index contributed by atoms with van der Waals surface area (Å²) in [7, 11) is -4.14. The van der Waals surface area contributed by atoms with E-state index < -0.39 is 52.0 Å². The molecule has 1 aliphatic heterocycles. The molecule has 1 aromatic heterocycles. The van der Waals surface area contributed by atoms with E-state index in [0.29, 0.717) is 17.3 Å². The van der Waals surface area contributed by atoms with Crippen LogP contribution in [0, 0.1) is 0 Å². The van der Waals surface area contributed by atoms with Crippen molar-refractivity contribution in [2.24, 2.45) is 0 Å². The average Bonchev–Trinajstić information content (AvgIpc) is 2.82. The minimum Gasteiger partial charge on any atom is -0.394 e. The Labute approximate surface area is 193 Å². The van der Waals surface area contributed by atoms with Gasteiger partial charge >= 0.3 is 12.3 Å². The highest BCUT2D eigenvalue weighted by Crippen LogP contribution is 2.32. The van der Waals surface area contributed by atoms with Gasteiger partial charge in [-0.2, -0.15) is 17.5 Å². The van der Waals surface area contributed by atoms with Crippen molar-refractivity contribution < 1.29 is 41.3 Å². The van der Waals surface area contributed by atoms with Crippen LogP contribution in [0.5, 0.6) is 5.88 Å². The fraction of sp³-hybridized carbons (Fsp3) is 0.333. The number of rotatable bonds is 7. The molecule has 13 heteroatoms. The number of nitrogens with one attached hydrogen (secondary N) is 1. The normalized spacial score (nSPS) is 15.2. The number of halogens is 3. The maximum absolute atomic E-state index is 13.0. The van der Waals surface area contributed by atoms with E-state index in [-0.39, 0.29) is 25.4 Å². The summed E-state index contributed by atoms with van der Waals surface area (Å²) in [6.45, 7) is -1.01.